The first kappa shape index (κ1) is 11.6. The maximum atomic E-state index is 11.4. The Kier molecular flexibility index (Phi) is 4.76. The average Bonchev–Trinajstić information content (AvgIpc) is 2.71. The van der Waals surface area contributed by atoms with Crippen LogP contribution in [0.5, 0.6) is 0 Å². The Morgan fingerprint density at radius 3 is 3.13 bits per heavy atom. The summed E-state index contributed by atoms with van der Waals surface area (Å²) in [6.45, 7) is 2.98. The van der Waals surface area contributed by atoms with Crippen molar-refractivity contribution in [2.45, 2.75) is 19.8 Å². The third-order valence-electron chi connectivity index (χ3n) is 2.17. The molecule has 0 aliphatic rings. The standard InChI is InChI=1S/C9H17N5O/c1-7(2-4-10)9(15)11-5-3-8-12-6-13-14-8/h6-7H,2-5,10H2,1H3,(H,11,15)(H,12,13,14). The molecule has 0 fully saturated rings. The Bertz CT molecular complexity index is 285. The van der Waals surface area contributed by atoms with Gasteiger partial charge in [-0.1, -0.05) is 6.92 Å². The third kappa shape index (κ3) is 4.07. The Hall–Kier alpha value is -1.43. The molecule has 0 saturated heterocycles. The van der Waals surface area contributed by atoms with Gasteiger partial charge in [0, 0.05) is 18.9 Å². The molecule has 1 rings (SSSR count). The molecule has 4 N–H and O–H groups in total. The van der Waals surface area contributed by atoms with Gasteiger partial charge < -0.3 is 11.1 Å². The van der Waals surface area contributed by atoms with E-state index in [1.165, 1.54) is 6.33 Å². The quantitative estimate of drug-likeness (QED) is 0.588. The van der Waals surface area contributed by atoms with Crippen LogP contribution in [0.4, 0.5) is 0 Å². The van der Waals surface area contributed by atoms with Crippen molar-refractivity contribution in [2.75, 3.05) is 13.1 Å². The summed E-state index contributed by atoms with van der Waals surface area (Å²) >= 11 is 0. The molecule has 0 saturated carbocycles. The molecule has 1 unspecified atom stereocenters. The van der Waals surface area contributed by atoms with E-state index in [9.17, 15) is 4.79 Å². The predicted molar refractivity (Wildman–Crippen MR) is 55.9 cm³/mol. The molecule has 0 aromatic carbocycles. The number of hydrogen-bond acceptors (Lipinski definition) is 4. The van der Waals surface area contributed by atoms with Crippen molar-refractivity contribution in [1.82, 2.24) is 20.5 Å². The van der Waals surface area contributed by atoms with Crippen LogP contribution in [0.3, 0.4) is 0 Å². The summed E-state index contributed by atoms with van der Waals surface area (Å²) in [7, 11) is 0. The van der Waals surface area contributed by atoms with Crippen molar-refractivity contribution < 1.29 is 4.79 Å². The first-order chi connectivity index (χ1) is 7.24. The minimum Gasteiger partial charge on any atom is -0.355 e. The van der Waals surface area contributed by atoms with E-state index in [0.29, 0.717) is 25.9 Å². The highest BCUT2D eigenvalue weighted by molar-refractivity contribution is 5.78. The van der Waals surface area contributed by atoms with E-state index < -0.39 is 0 Å². The molecule has 1 amide bonds. The Balaban J connectivity index is 2.17. The lowest BCUT2D eigenvalue weighted by molar-refractivity contribution is -0.124. The van der Waals surface area contributed by atoms with Crippen LogP contribution in [0.15, 0.2) is 6.33 Å². The molecule has 0 aliphatic heterocycles. The van der Waals surface area contributed by atoms with Gasteiger partial charge in [-0.3, -0.25) is 9.89 Å². The number of nitrogens with two attached hydrogens (primary N) is 1. The lowest BCUT2D eigenvalue weighted by Gasteiger charge is -2.09. The Labute approximate surface area is 88.7 Å². The minimum atomic E-state index is -0.0234. The van der Waals surface area contributed by atoms with Crippen LogP contribution in [0.25, 0.3) is 0 Å². The first-order valence-electron chi connectivity index (χ1n) is 5.06. The number of carbonyl (C=O) groups excluding carboxylic acids is 1. The zero-order chi connectivity index (χ0) is 11.1. The predicted octanol–water partition coefficient (Wildman–Crippen LogP) is -0.552. The molecule has 15 heavy (non-hydrogen) atoms. The molecule has 0 radical (unpaired) electrons. The summed E-state index contributed by atoms with van der Waals surface area (Å²) in [6.07, 6.45) is 2.84. The van der Waals surface area contributed by atoms with E-state index >= 15 is 0 Å². The van der Waals surface area contributed by atoms with Gasteiger partial charge in [0.05, 0.1) is 0 Å². The van der Waals surface area contributed by atoms with Crippen molar-refractivity contribution in [3.05, 3.63) is 12.2 Å². The number of rotatable bonds is 6. The van der Waals surface area contributed by atoms with E-state index in [-0.39, 0.29) is 11.8 Å². The molecule has 6 heteroatoms. The first-order valence-corrected chi connectivity index (χ1v) is 5.06. The fraction of sp³-hybridized carbons (Fsp3) is 0.667. The number of hydrogen-bond donors (Lipinski definition) is 3. The van der Waals surface area contributed by atoms with Gasteiger partial charge in [-0.05, 0) is 13.0 Å². The summed E-state index contributed by atoms with van der Waals surface area (Å²) in [5, 5.41) is 9.28. The second-order valence-electron chi connectivity index (χ2n) is 3.45. The van der Waals surface area contributed by atoms with Crippen LogP contribution >= 0.6 is 0 Å². The van der Waals surface area contributed by atoms with Gasteiger partial charge in [0.15, 0.2) is 0 Å². The molecule has 1 atom stereocenters. The third-order valence-corrected chi connectivity index (χ3v) is 2.17. The molecule has 0 bridgehead atoms. The van der Waals surface area contributed by atoms with Crippen LogP contribution in [0.2, 0.25) is 0 Å². The number of carbonyl (C=O) groups is 1. The monoisotopic (exact) mass is 211 g/mol. The fourth-order valence-electron chi connectivity index (χ4n) is 1.21. The van der Waals surface area contributed by atoms with E-state index in [0.717, 1.165) is 5.82 Å². The lowest BCUT2D eigenvalue weighted by Crippen LogP contribution is -2.32. The van der Waals surface area contributed by atoms with Gasteiger partial charge in [0.2, 0.25) is 5.91 Å². The molecule has 0 aliphatic carbocycles. The zero-order valence-electron chi connectivity index (χ0n) is 8.86. The van der Waals surface area contributed by atoms with Crippen LogP contribution in [0.1, 0.15) is 19.2 Å². The topological polar surface area (TPSA) is 96.7 Å². The van der Waals surface area contributed by atoms with Gasteiger partial charge in [0.1, 0.15) is 12.2 Å². The number of nitrogens with zero attached hydrogens (tertiary/aromatic N) is 2. The Morgan fingerprint density at radius 1 is 1.73 bits per heavy atom. The van der Waals surface area contributed by atoms with Crippen molar-refractivity contribution >= 4 is 5.91 Å². The van der Waals surface area contributed by atoms with Crippen molar-refractivity contribution in [3.63, 3.8) is 0 Å². The molecule has 84 valence electrons. The SMILES string of the molecule is CC(CCN)C(=O)NCCc1ncn[nH]1. The van der Waals surface area contributed by atoms with Crippen molar-refractivity contribution in [1.29, 1.82) is 0 Å². The summed E-state index contributed by atoms with van der Waals surface area (Å²) in [6, 6.07) is 0. The Morgan fingerprint density at radius 2 is 2.53 bits per heavy atom. The van der Waals surface area contributed by atoms with Crippen LogP contribution in [-0.2, 0) is 11.2 Å². The number of nitrogens with one attached hydrogen (secondary N) is 2. The largest absolute Gasteiger partial charge is 0.355 e. The minimum absolute atomic E-state index is 0.0234. The fourth-order valence-corrected chi connectivity index (χ4v) is 1.21. The second kappa shape index (κ2) is 6.13. The highest BCUT2D eigenvalue weighted by Crippen LogP contribution is 1.99. The number of aromatic nitrogens is 3. The van der Waals surface area contributed by atoms with E-state index in [1.54, 1.807) is 0 Å². The van der Waals surface area contributed by atoms with Crippen LogP contribution in [0, 0.1) is 5.92 Å². The van der Waals surface area contributed by atoms with Gasteiger partial charge in [-0.25, -0.2) is 4.98 Å². The van der Waals surface area contributed by atoms with Gasteiger partial charge in [-0.2, -0.15) is 5.10 Å². The van der Waals surface area contributed by atoms with E-state index in [1.807, 2.05) is 6.92 Å². The van der Waals surface area contributed by atoms with Crippen molar-refractivity contribution in [3.8, 4) is 0 Å². The van der Waals surface area contributed by atoms with Gasteiger partial charge in [-0.15, -0.1) is 0 Å². The van der Waals surface area contributed by atoms with E-state index in [4.69, 9.17) is 5.73 Å². The van der Waals surface area contributed by atoms with Crippen LogP contribution < -0.4 is 11.1 Å². The number of aromatic amines is 1. The molecule has 0 spiro atoms. The maximum Gasteiger partial charge on any atom is 0.222 e. The molecule has 1 aromatic heterocycles. The molecule has 1 aromatic rings. The smallest absolute Gasteiger partial charge is 0.222 e. The van der Waals surface area contributed by atoms with Gasteiger partial charge >= 0.3 is 0 Å². The number of H-pyrrole nitrogens is 1. The van der Waals surface area contributed by atoms with Crippen LogP contribution in [-0.4, -0.2) is 34.2 Å². The highest BCUT2D eigenvalue weighted by Gasteiger charge is 2.10. The summed E-state index contributed by atoms with van der Waals surface area (Å²) in [5.41, 5.74) is 5.37. The lowest BCUT2D eigenvalue weighted by atomic mass is 10.1. The summed E-state index contributed by atoms with van der Waals surface area (Å²) in [5.74, 6) is 0.798. The normalized spacial score (nSPS) is 12.4. The molecular formula is C9H17N5O. The highest BCUT2D eigenvalue weighted by atomic mass is 16.1. The molecule has 1 heterocycles. The molecule has 6 nitrogen and oxygen atoms in total. The average molecular weight is 211 g/mol. The number of amides is 1. The van der Waals surface area contributed by atoms with E-state index in [2.05, 4.69) is 20.5 Å². The maximum absolute atomic E-state index is 11.4. The summed E-state index contributed by atoms with van der Waals surface area (Å²) < 4.78 is 0. The second-order valence-corrected chi connectivity index (χ2v) is 3.45. The molecular weight excluding hydrogens is 194 g/mol. The zero-order valence-corrected chi connectivity index (χ0v) is 8.86. The summed E-state index contributed by atoms with van der Waals surface area (Å²) in [4.78, 5) is 15.4. The van der Waals surface area contributed by atoms with Crippen molar-refractivity contribution in [2.24, 2.45) is 11.7 Å². The van der Waals surface area contributed by atoms with Gasteiger partial charge in [0.25, 0.3) is 0 Å².